The quantitative estimate of drug-likeness (QED) is 0.750. The van der Waals surface area contributed by atoms with Gasteiger partial charge < -0.3 is 5.32 Å². The van der Waals surface area contributed by atoms with Gasteiger partial charge in [-0.3, -0.25) is 0 Å². The minimum Gasteiger partial charge on any atom is -0.316 e. The summed E-state index contributed by atoms with van der Waals surface area (Å²) < 4.78 is 1.24. The predicted molar refractivity (Wildman–Crippen MR) is 63.9 cm³/mol. The number of halogens is 1. The van der Waals surface area contributed by atoms with Crippen molar-refractivity contribution in [1.29, 1.82) is 0 Å². The summed E-state index contributed by atoms with van der Waals surface area (Å²) >= 11 is 3.61. The van der Waals surface area contributed by atoms with Crippen LogP contribution >= 0.6 is 15.9 Å². The average Bonchev–Trinajstić information content (AvgIpc) is 2.31. The molecule has 2 heteroatoms. The Morgan fingerprint density at radius 3 is 3.00 bits per heavy atom. The Kier molecular flexibility index (Phi) is 2.93. The molecule has 1 nitrogen and oxygen atoms in total. The molecule has 14 heavy (non-hydrogen) atoms. The lowest BCUT2D eigenvalue weighted by Crippen LogP contribution is -2.18. The second-order valence-electron chi connectivity index (χ2n) is 4.16. The van der Waals surface area contributed by atoms with E-state index in [1.807, 2.05) is 0 Å². The minimum atomic E-state index is 0.629. The Balaban J connectivity index is 2.49. The molecule has 1 unspecified atom stereocenters. The number of benzene rings is 1. The Morgan fingerprint density at radius 1 is 1.43 bits per heavy atom. The van der Waals surface area contributed by atoms with Crippen LogP contribution in [0.1, 0.15) is 29.5 Å². The average molecular weight is 254 g/mol. The van der Waals surface area contributed by atoms with E-state index < -0.39 is 0 Å². The van der Waals surface area contributed by atoms with Crippen molar-refractivity contribution in [2.75, 3.05) is 13.1 Å². The number of nitrogens with one attached hydrogen (secondary N) is 1. The van der Waals surface area contributed by atoms with E-state index in [0.717, 1.165) is 19.5 Å². The van der Waals surface area contributed by atoms with Gasteiger partial charge in [0, 0.05) is 11.0 Å². The third kappa shape index (κ3) is 1.86. The molecule has 1 aliphatic heterocycles. The minimum absolute atomic E-state index is 0.629. The molecule has 1 atom stereocenters. The lowest BCUT2D eigenvalue weighted by molar-refractivity contribution is 0.644. The zero-order valence-electron chi connectivity index (χ0n) is 8.73. The van der Waals surface area contributed by atoms with Crippen molar-refractivity contribution >= 4 is 15.9 Å². The van der Waals surface area contributed by atoms with E-state index in [1.165, 1.54) is 21.2 Å². The standard InChI is InChI=1S/C12H16BrN/c1-8-5-10-3-4-14-7-9(2)11(10)6-12(8)13/h5-6,9,14H,3-4,7H2,1-2H3. The Labute approximate surface area is 94.0 Å². The molecule has 0 radical (unpaired) electrons. The zero-order valence-corrected chi connectivity index (χ0v) is 10.3. The SMILES string of the molecule is Cc1cc2c(cc1Br)C(C)CNCC2. The van der Waals surface area contributed by atoms with E-state index in [4.69, 9.17) is 0 Å². The van der Waals surface area contributed by atoms with Crippen LogP contribution in [0.5, 0.6) is 0 Å². The van der Waals surface area contributed by atoms with Crippen molar-refractivity contribution in [3.05, 3.63) is 33.3 Å². The number of fused-ring (bicyclic) bond motifs is 1. The molecule has 0 aromatic heterocycles. The van der Waals surface area contributed by atoms with Gasteiger partial charge in [0.2, 0.25) is 0 Å². The van der Waals surface area contributed by atoms with E-state index in [1.54, 1.807) is 0 Å². The molecule has 0 saturated heterocycles. The molecule has 76 valence electrons. The van der Waals surface area contributed by atoms with Gasteiger partial charge in [0.25, 0.3) is 0 Å². The van der Waals surface area contributed by atoms with E-state index >= 15 is 0 Å². The largest absolute Gasteiger partial charge is 0.316 e. The van der Waals surface area contributed by atoms with Gasteiger partial charge in [0.15, 0.2) is 0 Å². The topological polar surface area (TPSA) is 12.0 Å². The van der Waals surface area contributed by atoms with Crippen LogP contribution in [0.3, 0.4) is 0 Å². The Morgan fingerprint density at radius 2 is 2.21 bits per heavy atom. The van der Waals surface area contributed by atoms with E-state index in [2.05, 4.69) is 47.2 Å². The molecule has 2 rings (SSSR count). The van der Waals surface area contributed by atoms with Gasteiger partial charge in [-0.2, -0.15) is 0 Å². The summed E-state index contributed by atoms with van der Waals surface area (Å²) in [5, 5.41) is 3.47. The molecule has 0 aliphatic carbocycles. The third-order valence-corrected chi connectivity index (χ3v) is 3.83. The molecule has 1 aromatic carbocycles. The van der Waals surface area contributed by atoms with Crippen LogP contribution in [0.4, 0.5) is 0 Å². The fraction of sp³-hybridized carbons (Fsp3) is 0.500. The molecule has 1 aliphatic rings. The smallest absolute Gasteiger partial charge is 0.0207 e. The first kappa shape index (κ1) is 10.2. The van der Waals surface area contributed by atoms with Crippen LogP contribution in [0.25, 0.3) is 0 Å². The van der Waals surface area contributed by atoms with Gasteiger partial charge in [-0.25, -0.2) is 0 Å². The van der Waals surface area contributed by atoms with Crippen molar-refractivity contribution in [3.8, 4) is 0 Å². The molecule has 1 heterocycles. The molecule has 0 fully saturated rings. The highest BCUT2D eigenvalue weighted by atomic mass is 79.9. The molecule has 0 amide bonds. The first-order valence-corrected chi connectivity index (χ1v) is 5.97. The lowest BCUT2D eigenvalue weighted by atomic mass is 9.94. The molecule has 0 bridgehead atoms. The van der Waals surface area contributed by atoms with Gasteiger partial charge in [-0.15, -0.1) is 0 Å². The monoisotopic (exact) mass is 253 g/mol. The fourth-order valence-electron chi connectivity index (χ4n) is 2.08. The second-order valence-corrected chi connectivity index (χ2v) is 5.01. The van der Waals surface area contributed by atoms with Crippen molar-refractivity contribution in [1.82, 2.24) is 5.32 Å². The summed E-state index contributed by atoms with van der Waals surface area (Å²) in [6.45, 7) is 6.66. The van der Waals surface area contributed by atoms with Gasteiger partial charge in [-0.1, -0.05) is 28.9 Å². The van der Waals surface area contributed by atoms with Crippen LogP contribution < -0.4 is 5.32 Å². The highest BCUT2D eigenvalue weighted by Crippen LogP contribution is 2.28. The van der Waals surface area contributed by atoms with Gasteiger partial charge >= 0.3 is 0 Å². The summed E-state index contributed by atoms with van der Waals surface area (Å²) in [5.74, 6) is 0.629. The fourth-order valence-corrected chi connectivity index (χ4v) is 2.44. The first-order chi connectivity index (χ1) is 6.68. The maximum Gasteiger partial charge on any atom is 0.0207 e. The van der Waals surface area contributed by atoms with Crippen LogP contribution in [-0.4, -0.2) is 13.1 Å². The zero-order chi connectivity index (χ0) is 10.1. The highest BCUT2D eigenvalue weighted by molar-refractivity contribution is 9.10. The molecule has 1 aromatic rings. The highest BCUT2D eigenvalue weighted by Gasteiger charge is 2.15. The maximum absolute atomic E-state index is 3.61. The van der Waals surface area contributed by atoms with Crippen LogP contribution in [-0.2, 0) is 6.42 Å². The summed E-state index contributed by atoms with van der Waals surface area (Å²) in [4.78, 5) is 0. The summed E-state index contributed by atoms with van der Waals surface area (Å²) in [7, 11) is 0. The van der Waals surface area contributed by atoms with Crippen molar-refractivity contribution < 1.29 is 0 Å². The number of hydrogen-bond donors (Lipinski definition) is 1. The summed E-state index contributed by atoms with van der Waals surface area (Å²) in [6, 6.07) is 4.62. The van der Waals surface area contributed by atoms with E-state index in [-0.39, 0.29) is 0 Å². The summed E-state index contributed by atoms with van der Waals surface area (Å²) in [6.07, 6.45) is 1.16. The second kappa shape index (κ2) is 4.03. The first-order valence-electron chi connectivity index (χ1n) is 5.18. The lowest BCUT2D eigenvalue weighted by Gasteiger charge is -2.13. The van der Waals surface area contributed by atoms with Gasteiger partial charge in [0.1, 0.15) is 0 Å². The predicted octanol–water partition coefficient (Wildman–Crippen LogP) is 3.01. The van der Waals surface area contributed by atoms with Crippen molar-refractivity contribution in [3.63, 3.8) is 0 Å². The number of rotatable bonds is 0. The number of hydrogen-bond acceptors (Lipinski definition) is 1. The molecular formula is C12H16BrN. The Hall–Kier alpha value is -0.340. The molecule has 0 spiro atoms. The van der Waals surface area contributed by atoms with Crippen LogP contribution in [0, 0.1) is 6.92 Å². The van der Waals surface area contributed by atoms with Gasteiger partial charge in [0.05, 0.1) is 0 Å². The van der Waals surface area contributed by atoms with Crippen molar-refractivity contribution in [2.45, 2.75) is 26.2 Å². The number of aryl methyl sites for hydroxylation is 1. The van der Waals surface area contributed by atoms with Gasteiger partial charge in [-0.05, 0) is 48.6 Å². The van der Waals surface area contributed by atoms with E-state index in [9.17, 15) is 0 Å². The van der Waals surface area contributed by atoms with Crippen LogP contribution in [0.15, 0.2) is 16.6 Å². The molecular weight excluding hydrogens is 238 g/mol. The van der Waals surface area contributed by atoms with Crippen LogP contribution in [0.2, 0.25) is 0 Å². The van der Waals surface area contributed by atoms with E-state index in [0.29, 0.717) is 5.92 Å². The maximum atomic E-state index is 3.61. The molecule has 0 saturated carbocycles. The third-order valence-electron chi connectivity index (χ3n) is 2.97. The summed E-state index contributed by atoms with van der Waals surface area (Å²) in [5.41, 5.74) is 4.37. The van der Waals surface area contributed by atoms with Crippen molar-refractivity contribution in [2.24, 2.45) is 0 Å². The molecule has 1 N–H and O–H groups in total. The Bertz CT molecular complexity index is 346. The normalized spacial score (nSPS) is 21.5.